The van der Waals surface area contributed by atoms with E-state index < -0.39 is 0 Å². The summed E-state index contributed by atoms with van der Waals surface area (Å²) in [4.78, 5) is 0. The van der Waals surface area contributed by atoms with Crippen molar-refractivity contribution in [3.8, 4) is 0 Å². The molecule has 0 fully saturated rings. The maximum atomic E-state index is 2.44. The summed E-state index contributed by atoms with van der Waals surface area (Å²) in [6.07, 6.45) is 16.2. The molecule has 0 saturated carbocycles. The van der Waals surface area contributed by atoms with E-state index in [-0.39, 0.29) is 0 Å². The Morgan fingerprint density at radius 3 is 2.38 bits per heavy atom. The van der Waals surface area contributed by atoms with Crippen molar-refractivity contribution in [2.24, 2.45) is 23.7 Å². The molecule has 0 aromatic heterocycles. The van der Waals surface area contributed by atoms with Gasteiger partial charge in [-0.05, 0) is 18.8 Å². The second kappa shape index (κ2) is 2.47. The maximum Gasteiger partial charge on any atom is 0.00213 e. The van der Waals surface area contributed by atoms with Crippen LogP contribution in [0.3, 0.4) is 0 Å². The van der Waals surface area contributed by atoms with Crippen molar-refractivity contribution in [1.29, 1.82) is 0 Å². The molecular weight excluding hydrogens is 156 g/mol. The Morgan fingerprint density at radius 1 is 0.923 bits per heavy atom. The van der Waals surface area contributed by atoms with Gasteiger partial charge in [0, 0.05) is 11.8 Å². The van der Waals surface area contributed by atoms with Crippen LogP contribution < -0.4 is 0 Å². The Balaban J connectivity index is 2.08. The molecule has 2 bridgehead atoms. The number of hydrogen-bond donors (Lipinski definition) is 0. The van der Waals surface area contributed by atoms with Crippen molar-refractivity contribution in [2.75, 3.05) is 0 Å². The second-order valence-corrected chi connectivity index (χ2v) is 4.32. The molecule has 3 aliphatic rings. The van der Waals surface area contributed by atoms with Gasteiger partial charge in [0.2, 0.25) is 0 Å². The summed E-state index contributed by atoms with van der Waals surface area (Å²) in [7, 11) is 0. The van der Waals surface area contributed by atoms with Crippen LogP contribution in [0, 0.1) is 23.7 Å². The minimum absolute atomic E-state index is 0.662. The lowest BCUT2D eigenvalue weighted by Crippen LogP contribution is -2.36. The topological polar surface area (TPSA) is 0 Å². The molecule has 0 radical (unpaired) electrons. The fourth-order valence-corrected chi connectivity index (χ4v) is 2.88. The van der Waals surface area contributed by atoms with Crippen molar-refractivity contribution in [3.63, 3.8) is 0 Å². The second-order valence-electron chi connectivity index (χ2n) is 4.32. The monoisotopic (exact) mass is 170 g/mol. The molecule has 0 saturated heterocycles. The highest BCUT2D eigenvalue weighted by molar-refractivity contribution is 5.35. The first-order valence-corrected chi connectivity index (χ1v) is 5.08. The average molecular weight is 170 g/mol. The van der Waals surface area contributed by atoms with Crippen LogP contribution in [-0.4, -0.2) is 0 Å². The van der Waals surface area contributed by atoms with Crippen molar-refractivity contribution in [1.82, 2.24) is 0 Å². The lowest BCUT2D eigenvalue weighted by molar-refractivity contribution is 0.289. The van der Waals surface area contributed by atoms with Gasteiger partial charge in [-0.15, -0.1) is 0 Å². The predicted octanol–water partition coefficient (Wildman–Crippen LogP) is 3.11. The molecular formula is C13H14. The van der Waals surface area contributed by atoms with Crippen LogP contribution in [0.1, 0.15) is 6.92 Å². The van der Waals surface area contributed by atoms with Gasteiger partial charge in [-0.1, -0.05) is 48.1 Å². The van der Waals surface area contributed by atoms with Gasteiger partial charge in [0.25, 0.3) is 0 Å². The van der Waals surface area contributed by atoms with E-state index in [1.54, 1.807) is 5.57 Å². The van der Waals surface area contributed by atoms with Gasteiger partial charge < -0.3 is 0 Å². The van der Waals surface area contributed by atoms with Crippen molar-refractivity contribution in [2.45, 2.75) is 6.92 Å². The SMILES string of the molecule is CC1=C[C@H]2[C@@H]1[C@@H]1C=C/C=C/[C@@H]2C=C1. The van der Waals surface area contributed by atoms with Gasteiger partial charge in [-0.2, -0.15) is 0 Å². The van der Waals surface area contributed by atoms with Gasteiger partial charge in [0.05, 0.1) is 0 Å². The van der Waals surface area contributed by atoms with Gasteiger partial charge >= 0.3 is 0 Å². The third kappa shape index (κ3) is 0.918. The van der Waals surface area contributed by atoms with Crippen molar-refractivity contribution in [3.05, 3.63) is 48.1 Å². The van der Waals surface area contributed by atoms with E-state index in [1.165, 1.54) is 0 Å². The fourth-order valence-electron chi connectivity index (χ4n) is 2.88. The molecule has 0 aliphatic heterocycles. The summed E-state index contributed by atoms with van der Waals surface area (Å²) in [5.41, 5.74) is 1.59. The Bertz CT molecular complexity index is 341. The van der Waals surface area contributed by atoms with Gasteiger partial charge in [0.15, 0.2) is 0 Å². The van der Waals surface area contributed by atoms with Gasteiger partial charge in [-0.3, -0.25) is 0 Å². The minimum Gasteiger partial charge on any atom is -0.0806 e. The maximum absolute atomic E-state index is 2.44. The number of hydrogen-bond acceptors (Lipinski definition) is 0. The van der Waals surface area contributed by atoms with Crippen LogP contribution in [-0.2, 0) is 0 Å². The highest BCUT2D eigenvalue weighted by Crippen LogP contribution is 2.48. The van der Waals surface area contributed by atoms with Crippen LogP contribution in [0.4, 0.5) is 0 Å². The standard InChI is InChI=1S/C13H14/c1-9-8-12-10-4-2-3-5-11(7-6-10)13(9)12/h2-8,10-13H,1H3/b4-2+,5-3?/t10-,11-,12-,13+/m1/s1. The lowest BCUT2D eigenvalue weighted by atomic mass is 9.60. The Kier molecular flexibility index (Phi) is 1.40. The van der Waals surface area contributed by atoms with Crippen LogP contribution in [0.25, 0.3) is 0 Å². The molecule has 0 heteroatoms. The number of rotatable bonds is 0. The molecule has 3 aliphatic carbocycles. The zero-order valence-electron chi connectivity index (χ0n) is 7.85. The molecule has 0 amide bonds. The smallest absolute Gasteiger partial charge is 0.00213 e. The number of allylic oxidation sites excluding steroid dienone is 8. The summed E-state index contributed by atoms with van der Waals surface area (Å²) in [6.45, 7) is 2.27. The Morgan fingerprint density at radius 2 is 1.62 bits per heavy atom. The van der Waals surface area contributed by atoms with Crippen molar-refractivity contribution >= 4 is 0 Å². The average Bonchev–Trinajstić information content (AvgIpc) is 2.06. The first kappa shape index (κ1) is 7.37. The molecule has 4 atom stereocenters. The Labute approximate surface area is 79.3 Å². The van der Waals surface area contributed by atoms with Crippen LogP contribution >= 0.6 is 0 Å². The largest absolute Gasteiger partial charge is 0.0806 e. The quantitative estimate of drug-likeness (QED) is 0.490. The summed E-state index contributed by atoms with van der Waals surface area (Å²) >= 11 is 0. The molecule has 0 aromatic rings. The summed E-state index contributed by atoms with van der Waals surface area (Å²) in [6, 6.07) is 0. The molecule has 0 spiro atoms. The van der Waals surface area contributed by atoms with E-state index >= 15 is 0 Å². The molecule has 0 unspecified atom stereocenters. The van der Waals surface area contributed by atoms with E-state index in [0.717, 1.165) is 11.8 Å². The molecule has 0 N–H and O–H groups in total. The molecule has 3 rings (SSSR count). The van der Waals surface area contributed by atoms with Crippen LogP contribution in [0.5, 0.6) is 0 Å². The van der Waals surface area contributed by atoms with E-state index in [9.17, 15) is 0 Å². The molecule has 0 aromatic carbocycles. The first-order valence-electron chi connectivity index (χ1n) is 5.08. The zero-order valence-corrected chi connectivity index (χ0v) is 7.85. The normalized spacial score (nSPS) is 47.3. The van der Waals surface area contributed by atoms with E-state index in [2.05, 4.69) is 49.5 Å². The summed E-state index contributed by atoms with van der Waals surface area (Å²) in [5.74, 6) is 2.92. The minimum atomic E-state index is 0.662. The summed E-state index contributed by atoms with van der Waals surface area (Å²) in [5, 5.41) is 0. The highest BCUT2D eigenvalue weighted by Gasteiger charge is 2.40. The molecule has 66 valence electrons. The third-order valence-electron chi connectivity index (χ3n) is 3.59. The Hall–Kier alpha value is -1.04. The zero-order chi connectivity index (χ0) is 8.84. The lowest BCUT2D eigenvalue weighted by Gasteiger charge is -2.44. The van der Waals surface area contributed by atoms with Crippen molar-refractivity contribution < 1.29 is 0 Å². The first-order chi connectivity index (χ1) is 6.36. The van der Waals surface area contributed by atoms with E-state index in [1.807, 2.05) is 0 Å². The molecule has 13 heavy (non-hydrogen) atoms. The van der Waals surface area contributed by atoms with E-state index in [4.69, 9.17) is 0 Å². The highest BCUT2D eigenvalue weighted by atomic mass is 14.4. The van der Waals surface area contributed by atoms with Crippen LogP contribution in [0.15, 0.2) is 48.1 Å². The van der Waals surface area contributed by atoms with E-state index in [0.29, 0.717) is 11.8 Å². The molecule has 0 heterocycles. The third-order valence-corrected chi connectivity index (χ3v) is 3.59. The predicted molar refractivity (Wildman–Crippen MR) is 55.1 cm³/mol. The van der Waals surface area contributed by atoms with Crippen LogP contribution in [0.2, 0.25) is 0 Å². The summed E-state index contributed by atoms with van der Waals surface area (Å²) < 4.78 is 0. The van der Waals surface area contributed by atoms with Gasteiger partial charge in [-0.25, -0.2) is 0 Å². The molecule has 0 nitrogen and oxygen atoms in total. The fraction of sp³-hybridized carbons (Fsp3) is 0.385. The van der Waals surface area contributed by atoms with Gasteiger partial charge in [0.1, 0.15) is 0 Å².